The Balaban J connectivity index is 1.40. The SMILES string of the molecule is c1cc(C2CCCC3C4CCCCC4CCC23)c2ccc3c(c2c1)CCCC3. The van der Waals surface area contributed by atoms with Crippen LogP contribution in [0.4, 0.5) is 0 Å². The van der Waals surface area contributed by atoms with Crippen LogP contribution in [-0.4, -0.2) is 0 Å². The van der Waals surface area contributed by atoms with E-state index >= 15 is 0 Å². The summed E-state index contributed by atoms with van der Waals surface area (Å²) in [6.45, 7) is 0. The highest BCUT2D eigenvalue weighted by Crippen LogP contribution is 2.56. The van der Waals surface area contributed by atoms with Gasteiger partial charge in [-0.25, -0.2) is 0 Å². The molecule has 5 atom stereocenters. The number of benzene rings is 2. The van der Waals surface area contributed by atoms with Gasteiger partial charge in [-0.05, 0) is 115 Å². The van der Waals surface area contributed by atoms with Gasteiger partial charge < -0.3 is 0 Å². The van der Waals surface area contributed by atoms with Gasteiger partial charge in [0.05, 0.1) is 0 Å². The zero-order valence-corrected chi connectivity index (χ0v) is 17.5. The lowest BCUT2D eigenvalue weighted by Crippen LogP contribution is -2.41. The van der Waals surface area contributed by atoms with Crippen molar-refractivity contribution in [2.75, 3.05) is 0 Å². The Hall–Kier alpha value is -1.30. The molecule has 5 unspecified atom stereocenters. The summed E-state index contributed by atoms with van der Waals surface area (Å²) in [6.07, 6.45) is 18.9. The summed E-state index contributed by atoms with van der Waals surface area (Å²) in [6, 6.07) is 12.3. The Morgan fingerprint density at radius 1 is 0.571 bits per heavy atom. The molecule has 0 aromatic heterocycles. The molecule has 0 amide bonds. The molecule has 0 heteroatoms. The Morgan fingerprint density at radius 2 is 1.46 bits per heavy atom. The monoisotopic (exact) mass is 372 g/mol. The molecule has 4 aliphatic rings. The highest BCUT2D eigenvalue weighted by atomic mass is 14.5. The second kappa shape index (κ2) is 7.19. The van der Waals surface area contributed by atoms with Gasteiger partial charge in [0, 0.05) is 0 Å². The van der Waals surface area contributed by atoms with Gasteiger partial charge in [-0.1, -0.05) is 56.0 Å². The van der Waals surface area contributed by atoms with Crippen molar-refractivity contribution in [3.8, 4) is 0 Å². The molecular formula is C28H36. The van der Waals surface area contributed by atoms with Gasteiger partial charge in [0.2, 0.25) is 0 Å². The van der Waals surface area contributed by atoms with E-state index in [1.807, 2.05) is 0 Å². The molecule has 0 heterocycles. The summed E-state index contributed by atoms with van der Waals surface area (Å²) in [4.78, 5) is 0. The lowest BCUT2D eigenvalue weighted by Gasteiger charge is -2.51. The summed E-state index contributed by atoms with van der Waals surface area (Å²) in [5.74, 6) is 4.97. The van der Waals surface area contributed by atoms with Crippen molar-refractivity contribution >= 4 is 10.8 Å². The van der Waals surface area contributed by atoms with E-state index in [-0.39, 0.29) is 0 Å². The molecule has 28 heavy (non-hydrogen) atoms. The predicted octanol–water partition coefficient (Wildman–Crippen LogP) is 7.82. The molecular weight excluding hydrogens is 336 g/mol. The molecule has 3 fully saturated rings. The maximum atomic E-state index is 2.51. The lowest BCUT2D eigenvalue weighted by molar-refractivity contribution is 0.0162. The summed E-state index contributed by atoms with van der Waals surface area (Å²) < 4.78 is 0. The smallest absolute Gasteiger partial charge is 0.0125 e. The number of aryl methyl sites for hydroxylation is 2. The summed E-state index contributed by atoms with van der Waals surface area (Å²) in [7, 11) is 0. The van der Waals surface area contributed by atoms with E-state index in [1.54, 1.807) is 40.3 Å². The van der Waals surface area contributed by atoms with E-state index in [9.17, 15) is 0 Å². The van der Waals surface area contributed by atoms with Crippen LogP contribution in [0.25, 0.3) is 10.8 Å². The predicted molar refractivity (Wildman–Crippen MR) is 119 cm³/mol. The average molecular weight is 373 g/mol. The van der Waals surface area contributed by atoms with Gasteiger partial charge in [-0.15, -0.1) is 0 Å². The first-order valence-electron chi connectivity index (χ1n) is 12.4. The van der Waals surface area contributed by atoms with Gasteiger partial charge in [-0.3, -0.25) is 0 Å². The van der Waals surface area contributed by atoms with Crippen LogP contribution < -0.4 is 0 Å². The third-order valence-electron chi connectivity index (χ3n) is 9.33. The van der Waals surface area contributed by atoms with Crippen LogP contribution in [0, 0.1) is 23.7 Å². The second-order valence-electron chi connectivity index (χ2n) is 10.5. The topological polar surface area (TPSA) is 0 Å². The number of fused-ring (bicyclic) bond motifs is 6. The lowest BCUT2D eigenvalue weighted by atomic mass is 9.54. The second-order valence-corrected chi connectivity index (χ2v) is 10.5. The van der Waals surface area contributed by atoms with E-state index in [1.165, 1.54) is 70.6 Å². The van der Waals surface area contributed by atoms with Crippen molar-refractivity contribution in [1.82, 2.24) is 0 Å². The van der Waals surface area contributed by atoms with Crippen LogP contribution in [0.1, 0.15) is 93.2 Å². The Kier molecular flexibility index (Phi) is 4.51. The van der Waals surface area contributed by atoms with Crippen LogP contribution in [0.15, 0.2) is 30.3 Å². The fraction of sp³-hybridized carbons (Fsp3) is 0.643. The molecule has 0 N–H and O–H groups in total. The Morgan fingerprint density at radius 3 is 2.46 bits per heavy atom. The fourth-order valence-corrected chi connectivity index (χ4v) is 8.16. The largest absolute Gasteiger partial charge is 0.0613 e. The van der Waals surface area contributed by atoms with Gasteiger partial charge >= 0.3 is 0 Å². The first-order valence-corrected chi connectivity index (χ1v) is 12.4. The van der Waals surface area contributed by atoms with Crippen LogP contribution in [-0.2, 0) is 12.8 Å². The van der Waals surface area contributed by atoms with Crippen molar-refractivity contribution in [3.63, 3.8) is 0 Å². The highest BCUT2D eigenvalue weighted by Gasteiger charge is 2.45. The zero-order chi connectivity index (χ0) is 18.5. The Labute approximate surface area is 171 Å². The van der Waals surface area contributed by atoms with E-state index < -0.39 is 0 Å². The zero-order valence-electron chi connectivity index (χ0n) is 17.5. The number of hydrogen-bond donors (Lipinski definition) is 0. The van der Waals surface area contributed by atoms with Crippen LogP contribution >= 0.6 is 0 Å². The van der Waals surface area contributed by atoms with Crippen LogP contribution in [0.3, 0.4) is 0 Å². The van der Waals surface area contributed by atoms with E-state index in [2.05, 4.69) is 30.3 Å². The van der Waals surface area contributed by atoms with Gasteiger partial charge in [0.25, 0.3) is 0 Å². The minimum Gasteiger partial charge on any atom is -0.0613 e. The minimum atomic E-state index is 0.826. The van der Waals surface area contributed by atoms with E-state index in [0.717, 1.165) is 29.6 Å². The molecule has 0 nitrogen and oxygen atoms in total. The number of hydrogen-bond acceptors (Lipinski definition) is 0. The summed E-state index contributed by atoms with van der Waals surface area (Å²) in [5.41, 5.74) is 5.05. The van der Waals surface area contributed by atoms with E-state index in [4.69, 9.17) is 0 Å². The van der Waals surface area contributed by atoms with Crippen molar-refractivity contribution in [2.24, 2.45) is 23.7 Å². The standard InChI is InChI=1S/C28H36/c1-3-9-21-19(7-1)15-17-27-23(21)11-5-13-25(27)26-14-6-12-24-22-10-4-2-8-20(22)16-18-28(24)26/h5,11,13,15,17,20,22,24,26,28H,1-4,6-10,12,14,16,18H2. The maximum Gasteiger partial charge on any atom is -0.0125 e. The molecule has 4 aliphatic carbocycles. The first kappa shape index (κ1) is 17.5. The molecule has 0 bridgehead atoms. The molecule has 148 valence electrons. The van der Waals surface area contributed by atoms with Crippen LogP contribution in [0.5, 0.6) is 0 Å². The molecule has 0 radical (unpaired) electrons. The average Bonchev–Trinajstić information content (AvgIpc) is 2.78. The third-order valence-corrected chi connectivity index (χ3v) is 9.33. The maximum absolute atomic E-state index is 2.51. The normalized spacial score (nSPS) is 35.1. The molecule has 2 aromatic rings. The quantitative estimate of drug-likeness (QED) is 0.478. The molecule has 6 rings (SSSR count). The van der Waals surface area contributed by atoms with Gasteiger partial charge in [0.1, 0.15) is 0 Å². The summed E-state index contributed by atoms with van der Waals surface area (Å²) >= 11 is 0. The molecule has 3 saturated carbocycles. The van der Waals surface area contributed by atoms with E-state index in [0.29, 0.717) is 0 Å². The minimum absolute atomic E-state index is 0.826. The van der Waals surface area contributed by atoms with Crippen molar-refractivity contribution in [2.45, 2.75) is 89.4 Å². The van der Waals surface area contributed by atoms with Gasteiger partial charge in [-0.2, -0.15) is 0 Å². The van der Waals surface area contributed by atoms with Crippen molar-refractivity contribution < 1.29 is 0 Å². The molecule has 2 aromatic carbocycles. The van der Waals surface area contributed by atoms with Crippen LogP contribution in [0.2, 0.25) is 0 Å². The first-order chi connectivity index (χ1) is 13.9. The van der Waals surface area contributed by atoms with Crippen molar-refractivity contribution in [1.29, 1.82) is 0 Å². The Bertz CT molecular complexity index is 862. The molecule has 0 saturated heterocycles. The summed E-state index contributed by atoms with van der Waals surface area (Å²) in [5, 5.41) is 3.21. The van der Waals surface area contributed by atoms with Crippen molar-refractivity contribution in [3.05, 3.63) is 47.0 Å². The van der Waals surface area contributed by atoms with Gasteiger partial charge in [0.15, 0.2) is 0 Å². The molecule has 0 aliphatic heterocycles. The highest BCUT2D eigenvalue weighted by molar-refractivity contribution is 5.90. The fourth-order valence-electron chi connectivity index (χ4n) is 8.16. The third kappa shape index (κ3) is 2.78. The number of rotatable bonds is 1. The molecule has 0 spiro atoms.